The SMILES string of the molecule is CN(C)Cc1ccc(CNc2cc([N+](=O)[O-])cc(S(N)(=O)=O)c2)cc1F. The van der Waals surface area contributed by atoms with Crippen LogP contribution < -0.4 is 10.5 Å². The minimum Gasteiger partial charge on any atom is -0.381 e. The van der Waals surface area contributed by atoms with E-state index in [0.29, 0.717) is 17.7 Å². The summed E-state index contributed by atoms with van der Waals surface area (Å²) >= 11 is 0. The molecule has 0 unspecified atom stereocenters. The molecule has 0 fully saturated rings. The van der Waals surface area contributed by atoms with E-state index >= 15 is 0 Å². The summed E-state index contributed by atoms with van der Waals surface area (Å²) in [4.78, 5) is 11.7. The van der Waals surface area contributed by atoms with Crippen LogP contribution in [0.15, 0.2) is 41.3 Å². The van der Waals surface area contributed by atoms with E-state index in [1.165, 1.54) is 18.2 Å². The van der Waals surface area contributed by atoms with Gasteiger partial charge in [-0.1, -0.05) is 12.1 Å². The lowest BCUT2D eigenvalue weighted by Gasteiger charge is -2.12. The molecule has 140 valence electrons. The molecule has 10 heteroatoms. The molecule has 0 amide bonds. The normalized spacial score (nSPS) is 11.6. The summed E-state index contributed by atoms with van der Waals surface area (Å²) in [5, 5.41) is 18.9. The van der Waals surface area contributed by atoms with Crippen molar-refractivity contribution in [1.29, 1.82) is 0 Å². The molecule has 0 atom stereocenters. The highest BCUT2D eigenvalue weighted by molar-refractivity contribution is 7.89. The number of non-ortho nitro benzene ring substituents is 1. The van der Waals surface area contributed by atoms with Gasteiger partial charge in [-0.25, -0.2) is 17.9 Å². The fourth-order valence-electron chi connectivity index (χ4n) is 2.33. The van der Waals surface area contributed by atoms with Crippen LogP contribution in [0.5, 0.6) is 0 Å². The highest BCUT2D eigenvalue weighted by Crippen LogP contribution is 2.24. The number of primary sulfonamides is 1. The van der Waals surface area contributed by atoms with E-state index in [1.54, 1.807) is 12.1 Å². The standard InChI is InChI=1S/C16H19FN4O4S/c1-20(2)10-12-4-3-11(5-16(12)17)9-19-13-6-14(21(22)23)8-15(7-13)26(18,24)25/h3-8,19H,9-10H2,1-2H3,(H2,18,24,25). The van der Waals surface area contributed by atoms with Crippen molar-refractivity contribution in [2.75, 3.05) is 19.4 Å². The van der Waals surface area contributed by atoms with Crippen LogP contribution in [-0.4, -0.2) is 32.3 Å². The van der Waals surface area contributed by atoms with Crippen molar-refractivity contribution >= 4 is 21.4 Å². The Hall–Kier alpha value is -2.56. The van der Waals surface area contributed by atoms with Crippen molar-refractivity contribution in [1.82, 2.24) is 4.90 Å². The minimum absolute atomic E-state index is 0.157. The number of nitrogens with one attached hydrogen (secondary N) is 1. The van der Waals surface area contributed by atoms with Gasteiger partial charge in [-0.15, -0.1) is 0 Å². The van der Waals surface area contributed by atoms with E-state index in [4.69, 9.17) is 5.14 Å². The van der Waals surface area contributed by atoms with Gasteiger partial charge in [0.05, 0.1) is 9.82 Å². The summed E-state index contributed by atoms with van der Waals surface area (Å²) in [6.07, 6.45) is 0. The second kappa shape index (κ2) is 7.77. The highest BCUT2D eigenvalue weighted by Gasteiger charge is 2.16. The Balaban J connectivity index is 2.22. The average Bonchev–Trinajstić information content (AvgIpc) is 2.53. The molecule has 3 N–H and O–H groups in total. The number of anilines is 1. The lowest BCUT2D eigenvalue weighted by Crippen LogP contribution is -2.13. The Labute approximate surface area is 150 Å². The summed E-state index contributed by atoms with van der Waals surface area (Å²) in [6.45, 7) is 0.618. The molecule has 26 heavy (non-hydrogen) atoms. The molecule has 0 saturated carbocycles. The van der Waals surface area contributed by atoms with Gasteiger partial charge in [0, 0.05) is 36.5 Å². The molecule has 2 aromatic carbocycles. The first-order valence-corrected chi connectivity index (χ1v) is 9.09. The van der Waals surface area contributed by atoms with Gasteiger partial charge in [-0.05, 0) is 31.8 Å². The molecule has 0 radical (unpaired) electrons. The molecule has 8 nitrogen and oxygen atoms in total. The van der Waals surface area contributed by atoms with Gasteiger partial charge in [-0.3, -0.25) is 10.1 Å². The van der Waals surface area contributed by atoms with Gasteiger partial charge in [0.2, 0.25) is 10.0 Å². The van der Waals surface area contributed by atoms with Crippen LogP contribution in [-0.2, 0) is 23.1 Å². The predicted octanol–water partition coefficient (Wildman–Crippen LogP) is 2.05. The summed E-state index contributed by atoms with van der Waals surface area (Å²) in [6, 6.07) is 8.02. The Kier molecular flexibility index (Phi) is 5.90. The predicted molar refractivity (Wildman–Crippen MR) is 95.6 cm³/mol. The van der Waals surface area contributed by atoms with Crippen molar-refractivity contribution in [2.45, 2.75) is 18.0 Å². The molecular formula is C16H19FN4O4S. The molecule has 0 spiro atoms. The van der Waals surface area contributed by atoms with Crippen molar-refractivity contribution in [3.8, 4) is 0 Å². The van der Waals surface area contributed by atoms with Gasteiger partial charge < -0.3 is 10.2 Å². The molecule has 0 aliphatic carbocycles. The summed E-state index contributed by atoms with van der Waals surface area (Å²) in [5.41, 5.74) is 0.937. The zero-order valence-electron chi connectivity index (χ0n) is 14.3. The fraction of sp³-hybridized carbons (Fsp3) is 0.250. The van der Waals surface area contributed by atoms with Gasteiger partial charge in [0.15, 0.2) is 0 Å². The number of sulfonamides is 1. The first kappa shape index (κ1) is 19.8. The molecule has 0 saturated heterocycles. The molecular weight excluding hydrogens is 363 g/mol. The molecule has 0 heterocycles. The van der Waals surface area contributed by atoms with E-state index in [2.05, 4.69) is 5.32 Å². The number of hydrogen-bond acceptors (Lipinski definition) is 6. The molecule has 2 rings (SSSR count). The second-order valence-electron chi connectivity index (χ2n) is 6.03. The zero-order chi connectivity index (χ0) is 19.5. The Morgan fingerprint density at radius 3 is 2.46 bits per heavy atom. The fourth-order valence-corrected chi connectivity index (χ4v) is 2.91. The topological polar surface area (TPSA) is 119 Å². The number of nitro benzene ring substituents is 1. The third-order valence-corrected chi connectivity index (χ3v) is 4.42. The Morgan fingerprint density at radius 2 is 1.92 bits per heavy atom. The van der Waals surface area contributed by atoms with E-state index in [9.17, 15) is 22.9 Å². The number of nitro groups is 1. The lowest BCUT2D eigenvalue weighted by molar-refractivity contribution is -0.385. The van der Waals surface area contributed by atoms with Crippen LogP contribution in [0.25, 0.3) is 0 Å². The number of nitrogens with zero attached hydrogens (tertiary/aromatic N) is 2. The van der Waals surface area contributed by atoms with E-state index in [-0.39, 0.29) is 22.9 Å². The highest BCUT2D eigenvalue weighted by atomic mass is 32.2. The minimum atomic E-state index is -4.10. The maximum Gasteiger partial charge on any atom is 0.272 e. The van der Waals surface area contributed by atoms with E-state index in [0.717, 1.165) is 6.07 Å². The van der Waals surface area contributed by atoms with Crippen molar-refractivity contribution < 1.29 is 17.7 Å². The maximum atomic E-state index is 14.1. The second-order valence-corrected chi connectivity index (χ2v) is 7.60. The zero-order valence-corrected chi connectivity index (χ0v) is 15.1. The summed E-state index contributed by atoms with van der Waals surface area (Å²) in [5.74, 6) is -0.359. The summed E-state index contributed by atoms with van der Waals surface area (Å²) < 4.78 is 37.0. The molecule has 0 bridgehead atoms. The van der Waals surface area contributed by atoms with Crippen molar-refractivity contribution in [3.63, 3.8) is 0 Å². The van der Waals surface area contributed by atoms with Crippen LogP contribution in [0.3, 0.4) is 0 Å². The first-order valence-electron chi connectivity index (χ1n) is 7.54. The average molecular weight is 382 g/mol. The lowest BCUT2D eigenvalue weighted by atomic mass is 10.1. The van der Waals surface area contributed by atoms with E-state index in [1.807, 2.05) is 19.0 Å². The van der Waals surface area contributed by atoms with Gasteiger partial charge in [0.1, 0.15) is 5.82 Å². The molecule has 0 aromatic heterocycles. The molecule has 2 aromatic rings. The number of benzene rings is 2. The van der Waals surface area contributed by atoms with Gasteiger partial charge in [-0.2, -0.15) is 0 Å². The molecule has 0 aliphatic rings. The Morgan fingerprint density at radius 1 is 1.23 bits per heavy atom. The third kappa shape index (κ3) is 5.22. The maximum absolute atomic E-state index is 14.1. The van der Waals surface area contributed by atoms with Gasteiger partial charge >= 0.3 is 0 Å². The number of nitrogens with two attached hydrogens (primary N) is 1. The molecule has 0 aliphatic heterocycles. The first-order chi connectivity index (χ1) is 12.1. The van der Waals surface area contributed by atoms with Crippen molar-refractivity contribution in [2.24, 2.45) is 5.14 Å². The van der Waals surface area contributed by atoms with Crippen LogP contribution in [0.4, 0.5) is 15.8 Å². The van der Waals surface area contributed by atoms with Crippen LogP contribution >= 0.6 is 0 Å². The number of rotatable bonds is 7. The quantitative estimate of drug-likeness (QED) is 0.559. The third-order valence-electron chi connectivity index (χ3n) is 3.53. The van der Waals surface area contributed by atoms with Crippen LogP contribution in [0.2, 0.25) is 0 Å². The van der Waals surface area contributed by atoms with Crippen molar-refractivity contribution in [3.05, 3.63) is 63.5 Å². The summed E-state index contributed by atoms with van der Waals surface area (Å²) in [7, 11) is -0.430. The number of hydrogen-bond donors (Lipinski definition) is 2. The van der Waals surface area contributed by atoms with Gasteiger partial charge in [0.25, 0.3) is 5.69 Å². The van der Waals surface area contributed by atoms with Crippen LogP contribution in [0, 0.1) is 15.9 Å². The monoisotopic (exact) mass is 382 g/mol. The van der Waals surface area contributed by atoms with Crippen LogP contribution in [0.1, 0.15) is 11.1 Å². The Bertz CT molecular complexity index is 932. The largest absolute Gasteiger partial charge is 0.381 e. The smallest absolute Gasteiger partial charge is 0.272 e. The number of halogens is 1. The van der Waals surface area contributed by atoms with E-state index < -0.39 is 20.6 Å².